The van der Waals surface area contributed by atoms with E-state index in [0.717, 1.165) is 11.3 Å². The van der Waals surface area contributed by atoms with Crippen molar-refractivity contribution in [3.05, 3.63) is 53.6 Å². The maximum absolute atomic E-state index is 12.4. The van der Waals surface area contributed by atoms with Gasteiger partial charge in [0.15, 0.2) is 11.5 Å². The predicted molar refractivity (Wildman–Crippen MR) is 102 cm³/mol. The van der Waals surface area contributed by atoms with Gasteiger partial charge in [-0.2, -0.15) is 5.26 Å². The highest BCUT2D eigenvalue weighted by atomic mass is 16.6. The number of hydrogen-bond donors (Lipinski definition) is 1. The molecule has 0 fully saturated rings. The van der Waals surface area contributed by atoms with Crippen molar-refractivity contribution in [2.45, 2.75) is 20.0 Å². The summed E-state index contributed by atoms with van der Waals surface area (Å²) < 4.78 is 16.5. The Balaban J connectivity index is 1.72. The SMILES string of the molecule is CC(C)Oc1ccc(/C=C(\C#N)C(=O)Nc2ccc3c(c2)OCCO3)cc1. The monoisotopic (exact) mass is 364 g/mol. The molecule has 0 aliphatic carbocycles. The lowest BCUT2D eigenvalue weighted by Gasteiger charge is -2.18. The summed E-state index contributed by atoms with van der Waals surface area (Å²) in [5.74, 6) is 1.46. The fourth-order valence-corrected chi connectivity index (χ4v) is 2.55. The van der Waals surface area contributed by atoms with Crippen molar-refractivity contribution in [3.8, 4) is 23.3 Å². The van der Waals surface area contributed by atoms with Gasteiger partial charge in [-0.3, -0.25) is 4.79 Å². The Morgan fingerprint density at radius 1 is 1.15 bits per heavy atom. The lowest BCUT2D eigenvalue weighted by Crippen LogP contribution is -2.17. The van der Waals surface area contributed by atoms with E-state index in [9.17, 15) is 10.1 Å². The van der Waals surface area contributed by atoms with Crippen LogP contribution in [-0.2, 0) is 4.79 Å². The summed E-state index contributed by atoms with van der Waals surface area (Å²) in [6.07, 6.45) is 1.62. The molecular weight excluding hydrogens is 344 g/mol. The zero-order valence-corrected chi connectivity index (χ0v) is 15.2. The molecule has 3 rings (SSSR count). The fourth-order valence-electron chi connectivity index (χ4n) is 2.55. The maximum atomic E-state index is 12.4. The second kappa shape index (κ2) is 8.28. The molecule has 1 aliphatic rings. The zero-order chi connectivity index (χ0) is 19.2. The number of benzene rings is 2. The lowest BCUT2D eigenvalue weighted by molar-refractivity contribution is -0.112. The maximum Gasteiger partial charge on any atom is 0.266 e. The van der Waals surface area contributed by atoms with E-state index >= 15 is 0 Å². The Kier molecular flexibility index (Phi) is 5.62. The average molecular weight is 364 g/mol. The summed E-state index contributed by atoms with van der Waals surface area (Å²) in [5.41, 5.74) is 1.27. The van der Waals surface area contributed by atoms with Crippen LogP contribution in [0.3, 0.4) is 0 Å². The third kappa shape index (κ3) is 4.79. The van der Waals surface area contributed by atoms with E-state index < -0.39 is 5.91 Å². The first kappa shape index (κ1) is 18.3. The Morgan fingerprint density at radius 2 is 1.85 bits per heavy atom. The van der Waals surface area contributed by atoms with Crippen LogP contribution in [0.5, 0.6) is 17.2 Å². The molecule has 0 radical (unpaired) electrons. The van der Waals surface area contributed by atoms with Crippen molar-refractivity contribution >= 4 is 17.7 Å². The van der Waals surface area contributed by atoms with Crippen LogP contribution in [0.4, 0.5) is 5.69 Å². The highest BCUT2D eigenvalue weighted by Crippen LogP contribution is 2.32. The number of ether oxygens (including phenoxy) is 3. The third-order valence-electron chi connectivity index (χ3n) is 3.73. The molecule has 2 aromatic rings. The minimum absolute atomic E-state index is 0.00224. The minimum atomic E-state index is -0.489. The number of carbonyl (C=O) groups is 1. The van der Waals surface area contributed by atoms with Crippen LogP contribution in [-0.4, -0.2) is 25.2 Å². The highest BCUT2D eigenvalue weighted by molar-refractivity contribution is 6.09. The van der Waals surface area contributed by atoms with Crippen LogP contribution < -0.4 is 19.5 Å². The number of nitriles is 1. The molecule has 1 N–H and O–H groups in total. The van der Waals surface area contributed by atoms with E-state index in [1.807, 2.05) is 19.9 Å². The first-order valence-corrected chi connectivity index (χ1v) is 8.64. The van der Waals surface area contributed by atoms with Gasteiger partial charge in [0.25, 0.3) is 5.91 Å². The Bertz CT molecular complexity index is 895. The van der Waals surface area contributed by atoms with E-state index in [4.69, 9.17) is 14.2 Å². The smallest absolute Gasteiger partial charge is 0.266 e. The molecule has 0 bridgehead atoms. The van der Waals surface area contributed by atoms with Crippen molar-refractivity contribution in [2.75, 3.05) is 18.5 Å². The number of hydrogen-bond acceptors (Lipinski definition) is 5. The molecule has 0 saturated carbocycles. The zero-order valence-electron chi connectivity index (χ0n) is 15.2. The third-order valence-corrected chi connectivity index (χ3v) is 3.73. The highest BCUT2D eigenvalue weighted by Gasteiger charge is 2.14. The molecule has 1 aliphatic heterocycles. The van der Waals surface area contributed by atoms with E-state index in [0.29, 0.717) is 30.4 Å². The number of rotatable bonds is 5. The van der Waals surface area contributed by atoms with E-state index in [2.05, 4.69) is 5.32 Å². The van der Waals surface area contributed by atoms with Crippen LogP contribution in [0.1, 0.15) is 19.4 Å². The van der Waals surface area contributed by atoms with Crippen molar-refractivity contribution < 1.29 is 19.0 Å². The molecule has 2 aromatic carbocycles. The molecule has 1 amide bonds. The predicted octanol–water partition coefficient (Wildman–Crippen LogP) is 3.79. The molecule has 6 heteroatoms. The molecule has 1 heterocycles. The Hall–Kier alpha value is -3.46. The van der Waals surface area contributed by atoms with Crippen LogP contribution in [0.25, 0.3) is 6.08 Å². The summed E-state index contributed by atoms with van der Waals surface area (Å²) in [6, 6.07) is 14.3. The average Bonchev–Trinajstić information content (AvgIpc) is 2.66. The summed E-state index contributed by atoms with van der Waals surface area (Å²) in [7, 11) is 0. The summed E-state index contributed by atoms with van der Waals surface area (Å²) in [6.45, 7) is 4.86. The second-order valence-corrected chi connectivity index (χ2v) is 6.22. The van der Waals surface area contributed by atoms with Gasteiger partial charge >= 0.3 is 0 Å². The van der Waals surface area contributed by atoms with E-state index in [-0.39, 0.29) is 11.7 Å². The Labute approximate surface area is 158 Å². The first-order chi connectivity index (χ1) is 13.0. The molecule has 27 heavy (non-hydrogen) atoms. The molecule has 0 saturated heterocycles. The van der Waals surface area contributed by atoms with Gasteiger partial charge in [-0.05, 0) is 49.8 Å². The van der Waals surface area contributed by atoms with Crippen LogP contribution >= 0.6 is 0 Å². The van der Waals surface area contributed by atoms with Gasteiger partial charge in [0, 0.05) is 11.8 Å². The Morgan fingerprint density at radius 3 is 2.52 bits per heavy atom. The lowest BCUT2D eigenvalue weighted by atomic mass is 10.1. The molecule has 0 spiro atoms. The van der Waals surface area contributed by atoms with Crippen molar-refractivity contribution in [1.82, 2.24) is 0 Å². The number of nitrogens with zero attached hydrogens (tertiary/aromatic N) is 1. The standard InChI is InChI=1S/C21H20N2O4/c1-14(2)27-18-6-3-15(4-7-18)11-16(13-22)21(24)23-17-5-8-19-20(12-17)26-10-9-25-19/h3-8,11-12,14H,9-10H2,1-2H3,(H,23,24)/b16-11+. The van der Waals surface area contributed by atoms with Gasteiger partial charge in [0.05, 0.1) is 6.10 Å². The van der Waals surface area contributed by atoms with Gasteiger partial charge in [0.1, 0.15) is 30.6 Å². The summed E-state index contributed by atoms with van der Waals surface area (Å²) >= 11 is 0. The van der Waals surface area contributed by atoms with E-state index in [1.165, 1.54) is 6.08 Å². The number of carbonyl (C=O) groups excluding carboxylic acids is 1. The molecule has 6 nitrogen and oxygen atoms in total. The molecule has 0 aromatic heterocycles. The summed E-state index contributed by atoms with van der Waals surface area (Å²) in [5, 5.41) is 12.1. The second-order valence-electron chi connectivity index (χ2n) is 6.22. The normalized spacial score (nSPS) is 13.0. The number of anilines is 1. The van der Waals surface area contributed by atoms with Gasteiger partial charge in [0.2, 0.25) is 0 Å². The molecule has 0 unspecified atom stereocenters. The molecule has 138 valence electrons. The van der Waals surface area contributed by atoms with Gasteiger partial charge in [-0.25, -0.2) is 0 Å². The quantitative estimate of drug-likeness (QED) is 0.645. The van der Waals surface area contributed by atoms with Crippen LogP contribution in [0.15, 0.2) is 48.0 Å². The van der Waals surface area contributed by atoms with Crippen LogP contribution in [0.2, 0.25) is 0 Å². The number of nitrogens with one attached hydrogen (secondary N) is 1. The van der Waals surface area contributed by atoms with Gasteiger partial charge in [-0.1, -0.05) is 12.1 Å². The molecular formula is C21H20N2O4. The van der Waals surface area contributed by atoms with Crippen LogP contribution in [0, 0.1) is 11.3 Å². The van der Waals surface area contributed by atoms with Gasteiger partial charge in [-0.15, -0.1) is 0 Å². The van der Waals surface area contributed by atoms with Crippen molar-refractivity contribution in [3.63, 3.8) is 0 Å². The topological polar surface area (TPSA) is 80.6 Å². The first-order valence-electron chi connectivity index (χ1n) is 8.64. The van der Waals surface area contributed by atoms with Gasteiger partial charge < -0.3 is 19.5 Å². The number of fused-ring (bicyclic) bond motifs is 1. The molecule has 0 atom stereocenters. The fraction of sp³-hybridized carbons (Fsp3) is 0.238. The number of amides is 1. The van der Waals surface area contributed by atoms with E-state index in [1.54, 1.807) is 42.5 Å². The minimum Gasteiger partial charge on any atom is -0.491 e. The summed E-state index contributed by atoms with van der Waals surface area (Å²) in [4.78, 5) is 12.4. The van der Waals surface area contributed by atoms with Crippen molar-refractivity contribution in [1.29, 1.82) is 5.26 Å². The largest absolute Gasteiger partial charge is 0.491 e. The van der Waals surface area contributed by atoms with Crippen molar-refractivity contribution in [2.24, 2.45) is 0 Å².